The summed E-state index contributed by atoms with van der Waals surface area (Å²) in [6.45, 7) is 6.31. The summed E-state index contributed by atoms with van der Waals surface area (Å²) in [5.74, 6) is -0.513. The van der Waals surface area contributed by atoms with Crippen molar-refractivity contribution in [3.05, 3.63) is 46.5 Å². The molecule has 1 amide bonds. The molecule has 2 aromatic rings. The summed E-state index contributed by atoms with van der Waals surface area (Å²) in [6, 6.07) is 4.66. The lowest BCUT2D eigenvalue weighted by atomic mass is 9.99. The average molecular weight is 347 g/mol. The number of halogens is 1. The van der Waals surface area contributed by atoms with Gasteiger partial charge < -0.3 is 14.8 Å². The van der Waals surface area contributed by atoms with Crippen molar-refractivity contribution in [2.24, 2.45) is 0 Å². The fraction of sp³-hybridized carbons (Fsp3) is 0.444. The molecule has 1 aromatic heterocycles. The van der Waals surface area contributed by atoms with Crippen molar-refractivity contribution in [1.82, 2.24) is 15.5 Å². The van der Waals surface area contributed by atoms with E-state index in [1.54, 1.807) is 19.1 Å². The Morgan fingerprint density at radius 3 is 3.00 bits per heavy atom. The van der Waals surface area contributed by atoms with Gasteiger partial charge in [-0.1, -0.05) is 6.07 Å². The largest absolute Gasteiger partial charge is 0.491 e. The first-order valence-electron chi connectivity index (χ1n) is 8.41. The average Bonchev–Trinajstić information content (AvgIpc) is 2.99. The molecule has 1 aromatic carbocycles. The number of aromatic nitrogens is 2. The molecule has 1 aliphatic heterocycles. The minimum atomic E-state index is -0.439. The lowest BCUT2D eigenvalue weighted by Crippen LogP contribution is -2.27. The van der Waals surface area contributed by atoms with E-state index >= 15 is 0 Å². The van der Waals surface area contributed by atoms with Crippen LogP contribution in [0.25, 0.3) is 0 Å². The summed E-state index contributed by atoms with van der Waals surface area (Å²) >= 11 is 0. The molecule has 7 heteroatoms. The summed E-state index contributed by atoms with van der Waals surface area (Å²) in [6.07, 6.45) is 0.552. The molecular formula is C18H22FN3O3. The quantitative estimate of drug-likeness (QED) is 0.872. The van der Waals surface area contributed by atoms with Crippen molar-refractivity contribution in [3.8, 4) is 5.75 Å². The van der Waals surface area contributed by atoms with Crippen molar-refractivity contribution in [2.45, 2.75) is 45.9 Å². The standard InChI is InChI=1S/C18H22FN3O3/c1-4-24-15-6-5-12(8-14(15)19)9-20-18(23)17-13-7-10(2)25-11(3)16(13)21-22-17/h5-6,8,10-11H,4,7,9H2,1-3H3,(H,20,23)(H,21,22)/t10-,11+/m0/s1. The number of fused-ring (bicyclic) bond motifs is 1. The van der Waals surface area contributed by atoms with Gasteiger partial charge in [0.2, 0.25) is 0 Å². The predicted octanol–water partition coefficient (Wildman–Crippen LogP) is 2.90. The molecule has 1 aliphatic rings. The normalized spacial score (nSPS) is 19.4. The van der Waals surface area contributed by atoms with E-state index in [-0.39, 0.29) is 30.4 Å². The van der Waals surface area contributed by atoms with Gasteiger partial charge in [0.15, 0.2) is 17.3 Å². The number of H-pyrrole nitrogens is 1. The number of hydrogen-bond acceptors (Lipinski definition) is 4. The first-order valence-corrected chi connectivity index (χ1v) is 8.41. The molecule has 2 heterocycles. The smallest absolute Gasteiger partial charge is 0.272 e. The van der Waals surface area contributed by atoms with E-state index in [0.717, 1.165) is 11.3 Å². The second-order valence-corrected chi connectivity index (χ2v) is 6.14. The number of carbonyl (C=O) groups excluding carboxylic acids is 1. The number of nitrogens with one attached hydrogen (secondary N) is 2. The van der Waals surface area contributed by atoms with Gasteiger partial charge in [-0.3, -0.25) is 9.89 Å². The van der Waals surface area contributed by atoms with E-state index in [1.165, 1.54) is 6.07 Å². The van der Waals surface area contributed by atoms with Crippen LogP contribution in [0.5, 0.6) is 5.75 Å². The molecular weight excluding hydrogens is 325 g/mol. The zero-order valence-corrected chi connectivity index (χ0v) is 14.6. The van der Waals surface area contributed by atoms with E-state index in [1.807, 2.05) is 13.8 Å². The molecule has 0 fully saturated rings. The number of carbonyl (C=O) groups is 1. The predicted molar refractivity (Wildman–Crippen MR) is 90.0 cm³/mol. The molecule has 0 radical (unpaired) electrons. The second kappa shape index (κ2) is 7.23. The van der Waals surface area contributed by atoms with Crippen LogP contribution in [0.3, 0.4) is 0 Å². The second-order valence-electron chi connectivity index (χ2n) is 6.14. The lowest BCUT2D eigenvalue weighted by Gasteiger charge is -2.25. The Morgan fingerprint density at radius 1 is 1.48 bits per heavy atom. The third-order valence-corrected chi connectivity index (χ3v) is 4.20. The van der Waals surface area contributed by atoms with Gasteiger partial charge in [0.1, 0.15) is 0 Å². The fourth-order valence-corrected chi connectivity index (χ4v) is 3.05. The van der Waals surface area contributed by atoms with Gasteiger partial charge in [-0.05, 0) is 38.5 Å². The van der Waals surface area contributed by atoms with Gasteiger partial charge in [0, 0.05) is 18.5 Å². The molecule has 0 saturated heterocycles. The highest BCUT2D eigenvalue weighted by atomic mass is 19.1. The van der Waals surface area contributed by atoms with E-state index in [2.05, 4.69) is 15.5 Å². The molecule has 25 heavy (non-hydrogen) atoms. The Bertz CT molecular complexity index is 775. The molecule has 6 nitrogen and oxygen atoms in total. The highest BCUT2D eigenvalue weighted by Crippen LogP contribution is 2.30. The van der Waals surface area contributed by atoms with Gasteiger partial charge in [-0.15, -0.1) is 0 Å². The molecule has 0 bridgehead atoms. The Morgan fingerprint density at radius 2 is 2.28 bits per heavy atom. The molecule has 2 atom stereocenters. The lowest BCUT2D eigenvalue weighted by molar-refractivity contribution is -0.00697. The van der Waals surface area contributed by atoms with Crippen molar-refractivity contribution in [2.75, 3.05) is 6.61 Å². The van der Waals surface area contributed by atoms with Crippen LogP contribution in [-0.4, -0.2) is 28.8 Å². The van der Waals surface area contributed by atoms with Gasteiger partial charge in [-0.2, -0.15) is 5.10 Å². The summed E-state index contributed by atoms with van der Waals surface area (Å²) < 4.78 is 24.8. The maximum Gasteiger partial charge on any atom is 0.272 e. The van der Waals surface area contributed by atoms with Crippen molar-refractivity contribution in [1.29, 1.82) is 0 Å². The number of benzene rings is 1. The maximum atomic E-state index is 13.9. The van der Waals surface area contributed by atoms with Crippen LogP contribution >= 0.6 is 0 Å². The van der Waals surface area contributed by atoms with Crippen LogP contribution in [0.4, 0.5) is 4.39 Å². The van der Waals surface area contributed by atoms with E-state index in [9.17, 15) is 9.18 Å². The van der Waals surface area contributed by atoms with Crippen molar-refractivity contribution in [3.63, 3.8) is 0 Å². The van der Waals surface area contributed by atoms with E-state index < -0.39 is 5.82 Å². The van der Waals surface area contributed by atoms with Crippen LogP contribution in [0.2, 0.25) is 0 Å². The SMILES string of the molecule is CCOc1ccc(CNC(=O)c2n[nH]c3c2C[C@H](C)O[C@@H]3C)cc1F. The third-order valence-electron chi connectivity index (χ3n) is 4.20. The maximum absolute atomic E-state index is 13.9. The van der Waals surface area contributed by atoms with Crippen LogP contribution in [-0.2, 0) is 17.7 Å². The minimum Gasteiger partial charge on any atom is -0.491 e. The third kappa shape index (κ3) is 3.66. The zero-order valence-electron chi connectivity index (χ0n) is 14.6. The van der Waals surface area contributed by atoms with Crippen LogP contribution in [0.1, 0.15) is 54.2 Å². The number of ether oxygens (including phenoxy) is 2. The fourth-order valence-electron chi connectivity index (χ4n) is 3.05. The van der Waals surface area contributed by atoms with E-state index in [4.69, 9.17) is 9.47 Å². The van der Waals surface area contributed by atoms with Gasteiger partial charge >= 0.3 is 0 Å². The zero-order chi connectivity index (χ0) is 18.0. The van der Waals surface area contributed by atoms with Gasteiger partial charge in [-0.25, -0.2) is 4.39 Å². The number of rotatable bonds is 5. The summed E-state index contributed by atoms with van der Waals surface area (Å²) in [5.41, 5.74) is 2.77. The molecule has 2 N–H and O–H groups in total. The number of nitrogens with zero attached hydrogens (tertiary/aromatic N) is 1. The van der Waals surface area contributed by atoms with E-state index in [0.29, 0.717) is 24.3 Å². The van der Waals surface area contributed by atoms with Crippen molar-refractivity contribution >= 4 is 5.91 Å². The molecule has 134 valence electrons. The molecule has 0 unspecified atom stereocenters. The monoisotopic (exact) mass is 347 g/mol. The Kier molecular flexibility index (Phi) is 5.03. The number of aromatic amines is 1. The van der Waals surface area contributed by atoms with Gasteiger partial charge in [0.05, 0.1) is 24.5 Å². The van der Waals surface area contributed by atoms with Crippen LogP contribution in [0, 0.1) is 5.82 Å². The summed E-state index contributed by atoms with van der Waals surface area (Å²) in [5, 5.41) is 9.82. The molecule has 0 saturated carbocycles. The topological polar surface area (TPSA) is 76.2 Å². The Balaban J connectivity index is 1.69. The van der Waals surface area contributed by atoms with Crippen LogP contribution in [0.15, 0.2) is 18.2 Å². The minimum absolute atomic E-state index is 0.0341. The van der Waals surface area contributed by atoms with Gasteiger partial charge in [0.25, 0.3) is 5.91 Å². The summed E-state index contributed by atoms with van der Waals surface area (Å²) in [4.78, 5) is 12.5. The van der Waals surface area contributed by atoms with Crippen molar-refractivity contribution < 1.29 is 18.7 Å². The Labute approximate surface area is 145 Å². The van der Waals surface area contributed by atoms with Crippen LogP contribution < -0.4 is 10.1 Å². The summed E-state index contributed by atoms with van der Waals surface area (Å²) in [7, 11) is 0. The first-order chi connectivity index (χ1) is 12.0. The number of amides is 1. The number of hydrogen-bond donors (Lipinski definition) is 2. The highest BCUT2D eigenvalue weighted by Gasteiger charge is 2.29. The molecule has 3 rings (SSSR count). The Hall–Kier alpha value is -2.41. The molecule has 0 spiro atoms. The molecule has 0 aliphatic carbocycles. The highest BCUT2D eigenvalue weighted by molar-refractivity contribution is 5.94. The first kappa shape index (κ1) is 17.4.